The Labute approximate surface area is 85.6 Å². The summed E-state index contributed by atoms with van der Waals surface area (Å²) >= 11 is 6.85. The van der Waals surface area contributed by atoms with E-state index in [0.717, 1.165) is 5.02 Å². The minimum absolute atomic E-state index is 0. The van der Waals surface area contributed by atoms with Gasteiger partial charge in [0.25, 0.3) is 0 Å². The zero-order valence-electron chi connectivity index (χ0n) is 5.35. The van der Waals surface area contributed by atoms with Gasteiger partial charge in [-0.2, -0.15) is 0 Å². The van der Waals surface area contributed by atoms with Crippen molar-refractivity contribution in [3.05, 3.63) is 29.0 Å². The van der Waals surface area contributed by atoms with Crippen LogP contribution in [0, 0.1) is 0 Å². The molecule has 10 heavy (non-hydrogen) atoms. The zero-order chi connectivity index (χ0) is 6.69. The van der Waals surface area contributed by atoms with Crippen molar-refractivity contribution in [2.24, 2.45) is 0 Å². The molecule has 4 heteroatoms. The molecule has 0 atom stereocenters. The molecule has 0 radical (unpaired) electrons. The summed E-state index contributed by atoms with van der Waals surface area (Å²) in [6, 6.07) is 3.84. The molecule has 0 aliphatic heterocycles. The molecule has 0 fully saturated rings. The summed E-state index contributed by atoms with van der Waals surface area (Å²) in [5.74, 6) is 0. The van der Waals surface area contributed by atoms with Gasteiger partial charge in [0.1, 0.15) is 0 Å². The van der Waals surface area contributed by atoms with Crippen LogP contribution in [-0.2, 0) is 23.3 Å². The quantitative estimate of drug-likeness (QED) is 0.461. The second-order valence-electron chi connectivity index (χ2n) is 1.74. The number of aromatic nitrogens is 1. The smallest absolute Gasteiger partial charge is 1.00 e. The third-order valence-corrected chi connectivity index (χ3v) is 2.51. The van der Waals surface area contributed by atoms with Gasteiger partial charge in [-0.1, -0.05) is 0 Å². The van der Waals surface area contributed by atoms with Gasteiger partial charge in [0.05, 0.1) is 0 Å². The molecule has 0 aliphatic rings. The van der Waals surface area contributed by atoms with Crippen LogP contribution in [-0.4, -0.2) is 4.98 Å². The van der Waals surface area contributed by atoms with Crippen molar-refractivity contribution in [3.8, 4) is 0 Å². The van der Waals surface area contributed by atoms with E-state index in [1.54, 1.807) is 0 Å². The van der Waals surface area contributed by atoms with Crippen LogP contribution in [0.3, 0.4) is 0 Å². The fraction of sp³-hybridized carbons (Fsp3) is 0.167. The first kappa shape index (κ1) is 10.5. The topological polar surface area (TPSA) is 12.9 Å². The molecular formula is C6H5BrClNZn. The van der Waals surface area contributed by atoms with Gasteiger partial charge in [-0.3, -0.25) is 0 Å². The average molecular weight is 272 g/mol. The predicted molar refractivity (Wildman–Crippen MR) is 33.0 cm³/mol. The van der Waals surface area contributed by atoms with Crippen LogP contribution in [0.1, 0.15) is 5.56 Å². The van der Waals surface area contributed by atoms with E-state index in [9.17, 15) is 0 Å². The number of hydrogen-bond donors (Lipinski definition) is 0. The summed E-state index contributed by atoms with van der Waals surface area (Å²) in [6.07, 6.45) is 1.83. The van der Waals surface area contributed by atoms with Crippen LogP contribution in [0.5, 0.6) is 0 Å². The maximum atomic E-state index is 5.57. The Bertz CT molecular complexity index is 189. The average Bonchev–Trinajstić information content (AvgIpc) is 1.90. The van der Waals surface area contributed by atoms with Crippen molar-refractivity contribution in [2.75, 3.05) is 0 Å². The SMILES string of the molecule is Clc1ccc([CH2][Zn+])cn1.[Br-]. The Morgan fingerprint density at radius 2 is 2.20 bits per heavy atom. The number of rotatable bonds is 1. The van der Waals surface area contributed by atoms with E-state index >= 15 is 0 Å². The van der Waals surface area contributed by atoms with Crippen LogP contribution < -0.4 is 17.0 Å². The van der Waals surface area contributed by atoms with Gasteiger partial charge in [0, 0.05) is 0 Å². The fourth-order valence-electron chi connectivity index (χ4n) is 0.554. The van der Waals surface area contributed by atoms with Gasteiger partial charge in [-0.25, -0.2) is 0 Å². The number of halogens is 2. The van der Waals surface area contributed by atoms with Crippen molar-refractivity contribution >= 4 is 11.6 Å². The third-order valence-electron chi connectivity index (χ3n) is 1.08. The van der Waals surface area contributed by atoms with Gasteiger partial charge in [0.2, 0.25) is 0 Å². The molecule has 1 rings (SSSR count). The zero-order valence-corrected chi connectivity index (χ0v) is 10.7. The summed E-state index contributed by atoms with van der Waals surface area (Å²) in [5.41, 5.74) is 1.28. The first-order valence-electron chi connectivity index (χ1n) is 2.72. The summed E-state index contributed by atoms with van der Waals surface area (Å²) < 4.78 is 0. The van der Waals surface area contributed by atoms with E-state index in [-0.39, 0.29) is 17.0 Å². The Morgan fingerprint density at radius 1 is 1.50 bits per heavy atom. The second-order valence-corrected chi connectivity index (χ2v) is 3.18. The molecule has 0 bridgehead atoms. The minimum Gasteiger partial charge on any atom is -1.00 e. The van der Waals surface area contributed by atoms with Gasteiger partial charge in [-0.05, 0) is 0 Å². The Kier molecular flexibility index (Phi) is 5.51. The van der Waals surface area contributed by atoms with Crippen molar-refractivity contribution < 1.29 is 35.3 Å². The molecule has 0 saturated heterocycles. The molecule has 50 valence electrons. The first-order valence-corrected chi connectivity index (χ1v) is 5.20. The maximum absolute atomic E-state index is 5.57. The fourth-order valence-corrected chi connectivity index (χ4v) is 1.29. The monoisotopic (exact) mass is 269 g/mol. The van der Waals surface area contributed by atoms with E-state index in [1.807, 2.05) is 18.3 Å². The standard InChI is InChI=1S/C6H5ClN.BrH.Zn/c1-5-2-3-6(7)8-4-5;;/h2-4H,1H2;1H;/q;;+1/p-1. The van der Waals surface area contributed by atoms with Crippen molar-refractivity contribution in [2.45, 2.75) is 5.02 Å². The van der Waals surface area contributed by atoms with Crippen molar-refractivity contribution in [1.82, 2.24) is 4.98 Å². The maximum Gasteiger partial charge on any atom is -1.00 e. The molecule has 0 aromatic carbocycles. The second kappa shape index (κ2) is 5.23. The Balaban J connectivity index is 0.000000810. The molecule has 1 nitrogen and oxygen atoms in total. The van der Waals surface area contributed by atoms with Gasteiger partial charge in [0.15, 0.2) is 0 Å². The normalized spacial score (nSPS) is 8.70. The summed E-state index contributed by atoms with van der Waals surface area (Å²) in [7, 11) is 0. The summed E-state index contributed by atoms with van der Waals surface area (Å²) in [4.78, 5) is 3.94. The van der Waals surface area contributed by atoms with Crippen molar-refractivity contribution in [1.29, 1.82) is 0 Å². The van der Waals surface area contributed by atoms with Crippen LogP contribution in [0.25, 0.3) is 0 Å². The van der Waals surface area contributed by atoms with Crippen LogP contribution in [0.15, 0.2) is 18.3 Å². The Morgan fingerprint density at radius 3 is 2.60 bits per heavy atom. The minimum atomic E-state index is 0. The molecule has 0 amide bonds. The molecule has 1 heterocycles. The predicted octanol–water partition coefficient (Wildman–Crippen LogP) is -1.21. The molecule has 0 spiro atoms. The number of nitrogens with zero attached hydrogens (tertiary/aromatic N) is 1. The Hall–Kier alpha value is 0.543. The molecule has 0 unspecified atom stereocenters. The van der Waals surface area contributed by atoms with E-state index in [0.29, 0.717) is 5.15 Å². The van der Waals surface area contributed by atoms with Crippen LogP contribution in [0.2, 0.25) is 5.15 Å². The van der Waals surface area contributed by atoms with Crippen LogP contribution >= 0.6 is 11.6 Å². The van der Waals surface area contributed by atoms with Crippen molar-refractivity contribution in [3.63, 3.8) is 0 Å². The van der Waals surface area contributed by atoms with E-state index in [1.165, 1.54) is 23.9 Å². The number of pyridine rings is 1. The molecule has 0 N–H and O–H groups in total. The van der Waals surface area contributed by atoms with Gasteiger partial charge >= 0.3 is 68.9 Å². The van der Waals surface area contributed by atoms with Crippen LogP contribution in [0.4, 0.5) is 0 Å². The van der Waals surface area contributed by atoms with E-state index in [2.05, 4.69) is 4.98 Å². The summed E-state index contributed by atoms with van der Waals surface area (Å²) in [6.45, 7) is 0. The molecule has 1 aromatic rings. The van der Waals surface area contributed by atoms with E-state index in [4.69, 9.17) is 11.6 Å². The van der Waals surface area contributed by atoms with Gasteiger partial charge < -0.3 is 17.0 Å². The molecule has 1 aromatic heterocycles. The largest absolute Gasteiger partial charge is 1.00 e. The number of hydrogen-bond acceptors (Lipinski definition) is 1. The van der Waals surface area contributed by atoms with E-state index < -0.39 is 0 Å². The molecule has 0 saturated carbocycles. The molecular weight excluding hydrogens is 267 g/mol. The first-order chi connectivity index (χ1) is 4.33. The third kappa shape index (κ3) is 3.09. The molecule has 0 aliphatic carbocycles. The summed E-state index contributed by atoms with van der Waals surface area (Å²) in [5, 5.41) is 1.72. The van der Waals surface area contributed by atoms with Gasteiger partial charge in [-0.15, -0.1) is 0 Å².